The smallest absolute Gasteiger partial charge is 0.131 e. The van der Waals surface area contributed by atoms with Crippen molar-refractivity contribution in [1.29, 1.82) is 0 Å². The van der Waals surface area contributed by atoms with Gasteiger partial charge in [0.15, 0.2) is 0 Å². The van der Waals surface area contributed by atoms with E-state index in [1.54, 1.807) is 6.33 Å². The van der Waals surface area contributed by atoms with Gasteiger partial charge >= 0.3 is 0 Å². The van der Waals surface area contributed by atoms with E-state index in [4.69, 9.17) is 0 Å². The van der Waals surface area contributed by atoms with Gasteiger partial charge in [-0.3, -0.25) is 0 Å². The lowest BCUT2D eigenvalue weighted by Crippen LogP contribution is -2.17. The van der Waals surface area contributed by atoms with E-state index in [0.717, 1.165) is 24.6 Å². The Bertz CT molecular complexity index is 333. The zero-order valence-electron chi connectivity index (χ0n) is 9.38. The van der Waals surface area contributed by atoms with Crippen LogP contribution < -0.4 is 10.6 Å². The molecule has 4 heteroatoms. The van der Waals surface area contributed by atoms with Crippen molar-refractivity contribution in [3.8, 4) is 0 Å². The summed E-state index contributed by atoms with van der Waals surface area (Å²) in [6.45, 7) is 5.31. The van der Waals surface area contributed by atoms with Gasteiger partial charge in [-0.15, -0.1) is 0 Å². The van der Waals surface area contributed by atoms with Crippen LogP contribution >= 0.6 is 0 Å². The maximum Gasteiger partial charge on any atom is 0.131 e. The molecule has 0 unspecified atom stereocenters. The molecule has 0 bridgehead atoms. The Labute approximate surface area is 90.5 Å². The summed E-state index contributed by atoms with van der Waals surface area (Å²) < 4.78 is 0. The highest BCUT2D eigenvalue weighted by atomic mass is 15.1. The van der Waals surface area contributed by atoms with E-state index < -0.39 is 0 Å². The Morgan fingerprint density at radius 3 is 2.73 bits per heavy atom. The molecule has 0 atom stereocenters. The first kappa shape index (κ1) is 10.2. The summed E-state index contributed by atoms with van der Waals surface area (Å²) in [5.74, 6) is 1.82. The SMILES string of the molecule is CCCNc1cc(NC2(C)CC2)ncn1. The van der Waals surface area contributed by atoms with Crippen molar-refractivity contribution in [2.24, 2.45) is 0 Å². The second kappa shape index (κ2) is 4.04. The molecule has 0 saturated heterocycles. The van der Waals surface area contributed by atoms with E-state index in [1.165, 1.54) is 12.8 Å². The zero-order valence-corrected chi connectivity index (χ0v) is 9.38. The molecule has 2 rings (SSSR count). The van der Waals surface area contributed by atoms with Crippen LogP contribution in [0.25, 0.3) is 0 Å². The van der Waals surface area contributed by atoms with Gasteiger partial charge in [0.2, 0.25) is 0 Å². The molecule has 82 valence electrons. The quantitative estimate of drug-likeness (QED) is 0.776. The van der Waals surface area contributed by atoms with Gasteiger partial charge in [0, 0.05) is 18.2 Å². The summed E-state index contributed by atoms with van der Waals surface area (Å²) in [5, 5.41) is 6.67. The minimum absolute atomic E-state index is 0.274. The fraction of sp³-hybridized carbons (Fsp3) is 0.636. The van der Waals surface area contributed by atoms with Crippen molar-refractivity contribution >= 4 is 11.6 Å². The van der Waals surface area contributed by atoms with Crippen LogP contribution in [0.1, 0.15) is 33.1 Å². The van der Waals surface area contributed by atoms with Gasteiger partial charge < -0.3 is 10.6 Å². The normalized spacial score (nSPS) is 17.2. The number of hydrogen-bond acceptors (Lipinski definition) is 4. The van der Waals surface area contributed by atoms with E-state index in [2.05, 4.69) is 34.4 Å². The average Bonchev–Trinajstić information content (AvgIpc) is 2.93. The second-order valence-electron chi connectivity index (χ2n) is 4.40. The fourth-order valence-electron chi connectivity index (χ4n) is 1.40. The van der Waals surface area contributed by atoms with Crippen LogP contribution in [-0.2, 0) is 0 Å². The van der Waals surface area contributed by atoms with Gasteiger partial charge in [-0.2, -0.15) is 0 Å². The molecule has 0 aromatic carbocycles. The van der Waals surface area contributed by atoms with Gasteiger partial charge in [0.05, 0.1) is 0 Å². The molecule has 4 nitrogen and oxygen atoms in total. The van der Waals surface area contributed by atoms with Crippen LogP contribution in [0.15, 0.2) is 12.4 Å². The van der Waals surface area contributed by atoms with Gasteiger partial charge in [-0.1, -0.05) is 6.92 Å². The van der Waals surface area contributed by atoms with E-state index in [-0.39, 0.29) is 5.54 Å². The lowest BCUT2D eigenvalue weighted by molar-refractivity contribution is 0.819. The number of hydrogen-bond donors (Lipinski definition) is 2. The molecular formula is C11H18N4. The van der Waals surface area contributed by atoms with Crippen LogP contribution in [0.2, 0.25) is 0 Å². The van der Waals surface area contributed by atoms with Gasteiger partial charge in [-0.25, -0.2) is 9.97 Å². The summed E-state index contributed by atoms with van der Waals surface area (Å²) in [7, 11) is 0. The van der Waals surface area contributed by atoms with Gasteiger partial charge in [0.25, 0.3) is 0 Å². The van der Waals surface area contributed by atoms with E-state index in [9.17, 15) is 0 Å². The molecule has 1 aromatic heterocycles. The fourth-order valence-corrected chi connectivity index (χ4v) is 1.40. The lowest BCUT2D eigenvalue weighted by atomic mass is 10.3. The third-order valence-electron chi connectivity index (χ3n) is 2.65. The van der Waals surface area contributed by atoms with Crippen LogP contribution in [0.5, 0.6) is 0 Å². The highest BCUT2D eigenvalue weighted by molar-refractivity contribution is 5.48. The monoisotopic (exact) mass is 206 g/mol. The van der Waals surface area contributed by atoms with Crippen LogP contribution in [0.3, 0.4) is 0 Å². The van der Waals surface area contributed by atoms with Gasteiger partial charge in [-0.05, 0) is 26.2 Å². The average molecular weight is 206 g/mol. The Balaban J connectivity index is 1.98. The topological polar surface area (TPSA) is 49.8 Å². The molecule has 1 aliphatic rings. The highest BCUT2D eigenvalue weighted by Gasteiger charge is 2.37. The molecule has 0 aliphatic heterocycles. The number of anilines is 2. The number of rotatable bonds is 5. The van der Waals surface area contributed by atoms with Crippen molar-refractivity contribution in [1.82, 2.24) is 9.97 Å². The summed E-state index contributed by atoms with van der Waals surface area (Å²) in [5.41, 5.74) is 0.274. The Hall–Kier alpha value is -1.32. The molecule has 1 aromatic rings. The minimum Gasteiger partial charge on any atom is -0.370 e. The number of nitrogens with one attached hydrogen (secondary N) is 2. The second-order valence-corrected chi connectivity index (χ2v) is 4.40. The predicted molar refractivity (Wildman–Crippen MR) is 62.1 cm³/mol. The molecule has 0 amide bonds. The van der Waals surface area contributed by atoms with Crippen LogP contribution in [-0.4, -0.2) is 22.1 Å². The van der Waals surface area contributed by atoms with E-state index >= 15 is 0 Å². The summed E-state index contributed by atoms with van der Waals surface area (Å²) in [4.78, 5) is 8.38. The number of aromatic nitrogens is 2. The lowest BCUT2D eigenvalue weighted by Gasteiger charge is -2.12. The third-order valence-corrected chi connectivity index (χ3v) is 2.65. The Kier molecular flexibility index (Phi) is 2.75. The maximum atomic E-state index is 4.21. The third kappa shape index (κ3) is 2.81. The molecule has 2 N–H and O–H groups in total. The summed E-state index contributed by atoms with van der Waals surface area (Å²) >= 11 is 0. The van der Waals surface area contributed by atoms with Crippen molar-refractivity contribution in [3.63, 3.8) is 0 Å². The molecule has 1 aliphatic carbocycles. The van der Waals surface area contributed by atoms with Crippen LogP contribution in [0, 0.1) is 0 Å². The molecule has 1 fully saturated rings. The van der Waals surface area contributed by atoms with Crippen molar-refractivity contribution in [2.45, 2.75) is 38.6 Å². The first-order chi connectivity index (χ1) is 7.22. The summed E-state index contributed by atoms with van der Waals surface area (Å²) in [6, 6.07) is 1.97. The molecular weight excluding hydrogens is 188 g/mol. The molecule has 15 heavy (non-hydrogen) atoms. The van der Waals surface area contributed by atoms with Crippen molar-refractivity contribution in [2.75, 3.05) is 17.2 Å². The van der Waals surface area contributed by atoms with E-state index in [1.807, 2.05) is 6.07 Å². The standard InChI is InChI=1S/C11H18N4/c1-3-6-12-9-7-10(14-8-13-9)15-11(2)4-5-11/h7-8H,3-6H2,1-2H3,(H2,12,13,14,15). The Morgan fingerprint density at radius 1 is 1.33 bits per heavy atom. The van der Waals surface area contributed by atoms with Crippen LogP contribution in [0.4, 0.5) is 11.6 Å². The maximum absolute atomic E-state index is 4.21. The molecule has 0 radical (unpaired) electrons. The van der Waals surface area contributed by atoms with Crippen molar-refractivity contribution < 1.29 is 0 Å². The first-order valence-electron chi connectivity index (χ1n) is 5.56. The molecule has 1 saturated carbocycles. The first-order valence-corrected chi connectivity index (χ1v) is 5.56. The van der Waals surface area contributed by atoms with Gasteiger partial charge in [0.1, 0.15) is 18.0 Å². The molecule has 1 heterocycles. The minimum atomic E-state index is 0.274. The molecule has 0 spiro atoms. The number of nitrogens with zero attached hydrogens (tertiary/aromatic N) is 2. The van der Waals surface area contributed by atoms with E-state index in [0.29, 0.717) is 0 Å². The summed E-state index contributed by atoms with van der Waals surface area (Å²) in [6.07, 6.45) is 5.17. The largest absolute Gasteiger partial charge is 0.370 e. The highest BCUT2D eigenvalue weighted by Crippen LogP contribution is 2.37. The Morgan fingerprint density at radius 2 is 2.07 bits per heavy atom. The van der Waals surface area contributed by atoms with Crippen molar-refractivity contribution in [3.05, 3.63) is 12.4 Å². The zero-order chi connectivity index (χ0) is 10.7. The predicted octanol–water partition coefficient (Wildman–Crippen LogP) is 2.26.